The lowest BCUT2D eigenvalue weighted by Crippen LogP contribution is -2.27. The van der Waals surface area contributed by atoms with E-state index in [1.54, 1.807) is 0 Å². The van der Waals surface area contributed by atoms with E-state index in [-0.39, 0.29) is 21.5 Å². The monoisotopic (exact) mass is 277 g/mol. The Bertz CT molecular complexity index is 430. The highest BCUT2D eigenvalue weighted by molar-refractivity contribution is 6.35. The van der Waals surface area contributed by atoms with Crippen molar-refractivity contribution in [2.45, 2.75) is 26.3 Å². The third-order valence-corrected chi connectivity index (χ3v) is 2.26. The molecule has 0 spiro atoms. The van der Waals surface area contributed by atoms with Crippen molar-refractivity contribution in [2.24, 2.45) is 10.7 Å². The number of hydrogen-bond acceptors (Lipinski definition) is 1. The van der Waals surface area contributed by atoms with Crippen LogP contribution in [0.3, 0.4) is 0 Å². The van der Waals surface area contributed by atoms with Gasteiger partial charge in [0.2, 0.25) is 0 Å². The molecule has 0 fully saturated rings. The second kappa shape index (κ2) is 5.10. The fraction of sp³-hybridized carbons (Fsp3) is 0.364. The van der Waals surface area contributed by atoms with Gasteiger partial charge in [0, 0.05) is 5.69 Å². The molecule has 94 valence electrons. The first-order valence-corrected chi connectivity index (χ1v) is 5.71. The van der Waals surface area contributed by atoms with Gasteiger partial charge in [-0.2, -0.15) is 0 Å². The molecule has 0 aliphatic heterocycles. The summed E-state index contributed by atoms with van der Waals surface area (Å²) in [6.07, 6.45) is 0. The Labute approximate surface area is 110 Å². The summed E-state index contributed by atoms with van der Waals surface area (Å²) in [5, 5.41) is 2.67. The van der Waals surface area contributed by atoms with Crippen LogP contribution in [0.4, 0.5) is 10.1 Å². The molecule has 0 saturated carbocycles. The summed E-state index contributed by atoms with van der Waals surface area (Å²) < 4.78 is 13.2. The highest BCUT2D eigenvalue weighted by Gasteiger charge is 2.10. The minimum atomic E-state index is -0.648. The largest absolute Gasteiger partial charge is 0.370 e. The Balaban J connectivity index is 2.94. The molecular weight excluding hydrogens is 264 g/mol. The predicted molar refractivity (Wildman–Crippen MR) is 71.4 cm³/mol. The molecule has 0 atom stereocenters. The maximum Gasteiger partial charge on any atom is 0.193 e. The molecule has 0 bridgehead atoms. The van der Waals surface area contributed by atoms with E-state index in [9.17, 15) is 4.39 Å². The van der Waals surface area contributed by atoms with Crippen LogP contribution in [-0.4, -0.2) is 11.5 Å². The van der Waals surface area contributed by atoms with Gasteiger partial charge < -0.3 is 11.1 Å². The standard InChI is InChI=1S/C11H14Cl2FN3/c1-11(2,3)17-10(15)16-6-4-7(12)9(14)8(13)5-6/h4-5H,1-3H3,(H3,15,16,17). The second-order valence-electron chi connectivity index (χ2n) is 4.55. The molecule has 0 radical (unpaired) electrons. The van der Waals surface area contributed by atoms with Gasteiger partial charge in [-0.15, -0.1) is 0 Å². The van der Waals surface area contributed by atoms with E-state index < -0.39 is 5.82 Å². The molecule has 0 heterocycles. The van der Waals surface area contributed by atoms with Crippen LogP contribution in [0.5, 0.6) is 0 Å². The molecule has 17 heavy (non-hydrogen) atoms. The summed E-state index contributed by atoms with van der Waals surface area (Å²) in [4.78, 5) is 4.19. The van der Waals surface area contributed by atoms with Crippen molar-refractivity contribution in [3.05, 3.63) is 28.0 Å². The van der Waals surface area contributed by atoms with Crippen LogP contribution < -0.4 is 11.1 Å². The molecule has 1 aromatic rings. The van der Waals surface area contributed by atoms with Gasteiger partial charge in [-0.25, -0.2) is 9.38 Å². The molecule has 0 amide bonds. The fourth-order valence-electron chi connectivity index (χ4n) is 1.16. The number of nitrogens with one attached hydrogen (secondary N) is 1. The highest BCUT2D eigenvalue weighted by atomic mass is 35.5. The van der Waals surface area contributed by atoms with Gasteiger partial charge in [0.05, 0.1) is 15.6 Å². The molecule has 3 nitrogen and oxygen atoms in total. The van der Waals surface area contributed by atoms with E-state index in [2.05, 4.69) is 10.3 Å². The fourth-order valence-corrected chi connectivity index (χ4v) is 1.65. The van der Waals surface area contributed by atoms with Crippen LogP contribution in [0.2, 0.25) is 10.0 Å². The quantitative estimate of drug-likeness (QED) is 0.468. The van der Waals surface area contributed by atoms with E-state index in [1.807, 2.05) is 20.8 Å². The van der Waals surface area contributed by atoms with Crippen molar-refractivity contribution in [2.75, 3.05) is 5.32 Å². The number of aliphatic imine (C=N–C) groups is 1. The van der Waals surface area contributed by atoms with Gasteiger partial charge >= 0.3 is 0 Å². The van der Waals surface area contributed by atoms with Gasteiger partial charge in [0.25, 0.3) is 0 Å². The second-order valence-corrected chi connectivity index (χ2v) is 5.36. The molecule has 0 aliphatic rings. The molecule has 0 aliphatic carbocycles. The van der Waals surface area contributed by atoms with E-state index in [4.69, 9.17) is 28.9 Å². The first-order chi connectivity index (χ1) is 7.69. The van der Waals surface area contributed by atoms with E-state index >= 15 is 0 Å². The Morgan fingerprint density at radius 2 is 1.76 bits per heavy atom. The topological polar surface area (TPSA) is 50.4 Å². The van der Waals surface area contributed by atoms with Gasteiger partial charge in [-0.3, -0.25) is 0 Å². The van der Waals surface area contributed by atoms with Crippen molar-refractivity contribution >= 4 is 34.8 Å². The first kappa shape index (κ1) is 14.1. The molecule has 6 heteroatoms. The van der Waals surface area contributed by atoms with Crippen molar-refractivity contribution < 1.29 is 4.39 Å². The Kier molecular flexibility index (Phi) is 4.22. The van der Waals surface area contributed by atoms with Crippen LogP contribution in [0.15, 0.2) is 17.1 Å². The smallest absolute Gasteiger partial charge is 0.193 e. The maximum absolute atomic E-state index is 13.2. The Morgan fingerprint density at radius 1 is 1.29 bits per heavy atom. The number of nitrogens with zero attached hydrogens (tertiary/aromatic N) is 1. The van der Waals surface area contributed by atoms with Crippen LogP contribution in [0.1, 0.15) is 20.8 Å². The third kappa shape index (κ3) is 4.40. The van der Waals surface area contributed by atoms with Gasteiger partial charge in [0.15, 0.2) is 11.8 Å². The minimum Gasteiger partial charge on any atom is -0.370 e. The molecule has 1 rings (SSSR count). The zero-order valence-electron chi connectivity index (χ0n) is 9.81. The number of hydrogen-bond donors (Lipinski definition) is 2. The normalized spacial score (nSPS) is 12.7. The molecule has 3 N–H and O–H groups in total. The van der Waals surface area contributed by atoms with E-state index in [1.165, 1.54) is 12.1 Å². The summed E-state index contributed by atoms with van der Waals surface area (Å²) in [5.74, 6) is -0.429. The minimum absolute atomic E-state index is 0.0661. The molecule has 0 saturated heterocycles. The average Bonchev–Trinajstić information content (AvgIpc) is 2.10. The van der Waals surface area contributed by atoms with Crippen molar-refractivity contribution in [1.29, 1.82) is 0 Å². The SMILES string of the molecule is CC(C)(C)N=C(N)Nc1cc(Cl)c(F)c(Cl)c1. The van der Waals surface area contributed by atoms with Gasteiger partial charge in [-0.1, -0.05) is 23.2 Å². The lowest BCUT2D eigenvalue weighted by Gasteiger charge is -2.14. The third-order valence-electron chi connectivity index (χ3n) is 1.71. The number of guanidine groups is 1. The van der Waals surface area contributed by atoms with Crippen molar-refractivity contribution in [1.82, 2.24) is 0 Å². The molecule has 0 aromatic heterocycles. The number of nitrogens with two attached hydrogens (primary N) is 1. The van der Waals surface area contributed by atoms with Crippen LogP contribution in [-0.2, 0) is 0 Å². The number of rotatable bonds is 1. The number of halogens is 3. The zero-order chi connectivity index (χ0) is 13.2. The molecule has 0 unspecified atom stereocenters. The lowest BCUT2D eigenvalue weighted by atomic mass is 10.1. The Morgan fingerprint density at radius 3 is 2.18 bits per heavy atom. The summed E-state index contributed by atoms with van der Waals surface area (Å²) in [7, 11) is 0. The van der Waals surface area contributed by atoms with E-state index in [0.29, 0.717) is 5.69 Å². The predicted octanol–water partition coefficient (Wildman–Crippen LogP) is 3.66. The van der Waals surface area contributed by atoms with Crippen molar-refractivity contribution in [3.8, 4) is 0 Å². The van der Waals surface area contributed by atoms with Crippen LogP contribution in [0.25, 0.3) is 0 Å². The maximum atomic E-state index is 13.2. The van der Waals surface area contributed by atoms with Crippen LogP contribution >= 0.6 is 23.2 Å². The van der Waals surface area contributed by atoms with Gasteiger partial charge in [-0.05, 0) is 32.9 Å². The summed E-state index contributed by atoms with van der Waals surface area (Å²) in [6, 6.07) is 2.79. The average molecular weight is 278 g/mol. The highest BCUT2D eigenvalue weighted by Crippen LogP contribution is 2.27. The van der Waals surface area contributed by atoms with Crippen molar-refractivity contribution in [3.63, 3.8) is 0 Å². The summed E-state index contributed by atoms with van der Waals surface area (Å²) in [5.41, 5.74) is 5.88. The zero-order valence-corrected chi connectivity index (χ0v) is 11.3. The molecular formula is C11H14Cl2FN3. The Hall–Kier alpha value is -1.00. The number of anilines is 1. The summed E-state index contributed by atoms with van der Waals surface area (Å²) in [6.45, 7) is 5.73. The number of benzene rings is 1. The van der Waals surface area contributed by atoms with E-state index in [0.717, 1.165) is 0 Å². The molecule has 1 aromatic carbocycles. The van der Waals surface area contributed by atoms with Crippen LogP contribution in [0, 0.1) is 5.82 Å². The summed E-state index contributed by atoms with van der Waals surface area (Å²) >= 11 is 11.3. The lowest BCUT2D eigenvalue weighted by molar-refractivity contribution is 0.583. The first-order valence-electron chi connectivity index (χ1n) is 4.96. The van der Waals surface area contributed by atoms with Gasteiger partial charge in [0.1, 0.15) is 0 Å².